The van der Waals surface area contributed by atoms with Crippen molar-refractivity contribution in [2.24, 2.45) is 23.3 Å². The third kappa shape index (κ3) is 17.6. The van der Waals surface area contributed by atoms with Crippen molar-refractivity contribution in [1.29, 1.82) is 0 Å². The quantitative estimate of drug-likeness (QED) is 0.0363. The number of nitrogens with zero attached hydrogens (tertiary/aromatic N) is 13. The van der Waals surface area contributed by atoms with Gasteiger partial charge in [0.15, 0.2) is 0 Å². The molecule has 0 saturated carbocycles. The van der Waals surface area contributed by atoms with E-state index in [1.54, 1.807) is 22.2 Å². The molecule has 70 heavy (non-hydrogen) atoms. The van der Waals surface area contributed by atoms with Crippen molar-refractivity contribution >= 4 is 41.6 Å². The molecule has 25 nitrogen and oxygen atoms in total. The average molecular weight is 1000 g/mol. The van der Waals surface area contributed by atoms with E-state index < -0.39 is 24.0 Å². The van der Waals surface area contributed by atoms with E-state index in [4.69, 9.17) is 47.1 Å². The van der Waals surface area contributed by atoms with E-state index >= 15 is 0 Å². The molecule has 3 aromatic rings. The largest absolute Gasteiger partial charge is 1.00 e. The Morgan fingerprint density at radius 3 is 1.49 bits per heavy atom. The number of carboxylic acid groups (broad SMARTS) is 2. The molecule has 2 fully saturated rings. The van der Waals surface area contributed by atoms with Gasteiger partial charge in [-0.25, -0.2) is 9.36 Å². The van der Waals surface area contributed by atoms with Gasteiger partial charge in [0.1, 0.15) is 18.7 Å². The second-order valence-corrected chi connectivity index (χ2v) is 17.9. The van der Waals surface area contributed by atoms with Crippen molar-refractivity contribution < 1.29 is 56.0 Å². The van der Waals surface area contributed by atoms with Crippen molar-refractivity contribution in [3.05, 3.63) is 23.8 Å². The molecule has 0 radical (unpaired) electrons. The first-order valence-electron chi connectivity index (χ1n) is 23.7. The Bertz CT molecular complexity index is 2010. The molecule has 2 unspecified atom stereocenters. The van der Waals surface area contributed by atoms with Gasteiger partial charge in [-0.1, -0.05) is 44.0 Å². The summed E-state index contributed by atoms with van der Waals surface area (Å²) < 4.78 is 19.3. The van der Waals surface area contributed by atoms with Crippen LogP contribution in [0.3, 0.4) is 0 Å². The first-order chi connectivity index (χ1) is 33.1. The molecular weight excluding hydrogens is 932 g/mol. The molecule has 2 aliphatic heterocycles. The van der Waals surface area contributed by atoms with Crippen LogP contribution >= 0.6 is 0 Å². The molecule has 0 aromatic carbocycles. The molecule has 26 heteroatoms. The summed E-state index contributed by atoms with van der Waals surface area (Å²) in [5, 5.41) is 39.2. The van der Waals surface area contributed by atoms with Crippen molar-refractivity contribution in [2.75, 3.05) is 114 Å². The minimum Gasteiger partial charge on any atom is -1.00 e. The number of ether oxygens (including phenoxy) is 3. The lowest BCUT2D eigenvalue weighted by Crippen LogP contribution is -3.00. The molecule has 2 saturated heterocycles. The third-order valence-corrected chi connectivity index (χ3v) is 11.6. The summed E-state index contributed by atoms with van der Waals surface area (Å²) in [6, 6.07) is -2.53. The van der Waals surface area contributed by atoms with E-state index in [1.807, 2.05) is 37.5 Å². The summed E-state index contributed by atoms with van der Waals surface area (Å²) in [6.45, 7) is 13.3. The average Bonchev–Trinajstić information content (AvgIpc) is 4.02. The van der Waals surface area contributed by atoms with Gasteiger partial charge in [0.25, 0.3) is 0 Å². The van der Waals surface area contributed by atoms with Gasteiger partial charge in [-0.15, -0.1) is 16.6 Å². The standard InChI is InChI=1S/C44H70N16O9.ClH/c1-6-20-67-22-24-69-25-23-68-21-11-47-42-48-43(57-16-12-55(13-17-57)40(65)36(7-9-38(61)62)59-28-34(51-53-59)32(45)26-30(2)3)50-44(49-42)58-18-14-56(15-19-58)41(66)37(8-10-39(63)64)60-29-35(52-54-60)33(46)27-31(4)5;/h1,28-33,36-37H,7-27,45-46H2,2-5H3,(H,61,62)(H,63,64)(H,47,48,49,50);1H/p-1/t32?,33?,36-,37-;/m0./s1. The topological polar surface area (TPSA) is 314 Å². The molecule has 0 aliphatic carbocycles. The molecule has 5 rings (SSSR count). The first kappa shape index (κ1) is 56.8. The predicted molar refractivity (Wildman–Crippen MR) is 252 cm³/mol. The number of amides is 2. The van der Waals surface area contributed by atoms with Gasteiger partial charge in [-0.3, -0.25) is 19.2 Å². The maximum Gasteiger partial charge on any atom is 0.303 e. The summed E-state index contributed by atoms with van der Waals surface area (Å²) in [7, 11) is 0. The highest BCUT2D eigenvalue weighted by atomic mass is 35.5. The number of nitrogens with two attached hydrogens (primary N) is 2. The highest BCUT2D eigenvalue weighted by Gasteiger charge is 2.34. The van der Waals surface area contributed by atoms with Crippen molar-refractivity contribution in [3.63, 3.8) is 0 Å². The molecule has 5 heterocycles. The minimum absolute atomic E-state index is 0. The minimum atomic E-state index is -1.03. The lowest BCUT2D eigenvalue weighted by molar-refractivity contribution is -0.140. The number of piperazine rings is 2. The number of aliphatic carboxylic acids is 2. The lowest BCUT2D eigenvalue weighted by atomic mass is 10.0. The summed E-state index contributed by atoms with van der Waals surface area (Å²) in [6.07, 6.45) is 9.39. The van der Waals surface area contributed by atoms with Crippen LogP contribution in [0.1, 0.15) is 102 Å². The van der Waals surface area contributed by atoms with E-state index in [9.17, 15) is 29.4 Å². The number of hydrogen-bond donors (Lipinski definition) is 5. The molecule has 4 atom stereocenters. The summed E-state index contributed by atoms with van der Waals surface area (Å²) in [4.78, 5) is 73.1. The van der Waals surface area contributed by atoms with E-state index in [1.165, 1.54) is 9.36 Å². The fraction of sp³-hybridized carbons (Fsp3) is 0.705. The van der Waals surface area contributed by atoms with Crippen molar-refractivity contribution in [3.8, 4) is 12.3 Å². The van der Waals surface area contributed by atoms with E-state index in [-0.39, 0.29) is 68.6 Å². The fourth-order valence-electron chi connectivity index (χ4n) is 7.94. The van der Waals surface area contributed by atoms with Crippen LogP contribution in [-0.4, -0.2) is 187 Å². The van der Waals surface area contributed by atoms with Crippen LogP contribution in [0.2, 0.25) is 0 Å². The van der Waals surface area contributed by atoms with Crippen LogP contribution < -0.4 is 39.0 Å². The van der Waals surface area contributed by atoms with Gasteiger partial charge >= 0.3 is 11.9 Å². The van der Waals surface area contributed by atoms with Crippen LogP contribution in [-0.2, 0) is 33.4 Å². The van der Waals surface area contributed by atoms with Crippen LogP contribution in [0.25, 0.3) is 0 Å². The second kappa shape index (κ2) is 28.8. The van der Waals surface area contributed by atoms with Gasteiger partial charge in [0, 0.05) is 71.7 Å². The molecule has 7 N–H and O–H groups in total. The number of hydrogen-bond acceptors (Lipinski definition) is 19. The Balaban J connectivity index is 0.0000107. The monoisotopic (exact) mass is 1000 g/mol. The van der Waals surface area contributed by atoms with Gasteiger partial charge < -0.3 is 73.2 Å². The number of carboxylic acids is 2. The zero-order valence-corrected chi connectivity index (χ0v) is 41.4. The molecule has 2 aliphatic rings. The van der Waals surface area contributed by atoms with Gasteiger partial charge in [0.2, 0.25) is 29.7 Å². The second-order valence-electron chi connectivity index (χ2n) is 17.9. The van der Waals surface area contributed by atoms with Gasteiger partial charge in [-0.2, -0.15) is 15.0 Å². The van der Waals surface area contributed by atoms with Crippen molar-refractivity contribution in [2.45, 2.75) is 90.4 Å². The Hall–Kier alpha value is -5.78. The molecular formula is C44H70ClN16O9-. The highest BCUT2D eigenvalue weighted by molar-refractivity contribution is 5.82. The first-order valence-corrected chi connectivity index (χ1v) is 23.7. The third-order valence-electron chi connectivity index (χ3n) is 11.6. The van der Waals surface area contributed by atoms with E-state index in [2.05, 4.69) is 31.9 Å². The highest BCUT2D eigenvalue weighted by Crippen LogP contribution is 2.26. The SMILES string of the molecule is C#CCOCCOCCOCCNc1nc(N2CCN(C(=O)[C@H](CCC(=O)O)n3cc(C(N)CC(C)C)nn3)CC2)nc(N2CCN(C(=O)[C@H](CCC(=O)O)n3cc(C(N)CC(C)C)nn3)CC2)n1.[Cl-]. The van der Waals surface area contributed by atoms with Crippen molar-refractivity contribution in [1.82, 2.24) is 54.7 Å². The number of anilines is 3. The van der Waals surface area contributed by atoms with E-state index in [0.717, 1.165) is 0 Å². The normalized spacial score (nSPS) is 15.9. The Morgan fingerprint density at radius 1 is 0.671 bits per heavy atom. The molecule has 0 bridgehead atoms. The summed E-state index contributed by atoms with van der Waals surface area (Å²) >= 11 is 0. The summed E-state index contributed by atoms with van der Waals surface area (Å²) in [5.74, 6) is 1.49. The number of carbonyl (C=O) groups is 4. The number of terminal acetylenes is 1. The number of aromatic nitrogens is 9. The number of rotatable bonds is 29. The van der Waals surface area contributed by atoms with Gasteiger partial charge in [-0.05, 0) is 37.5 Å². The Kier molecular flexibility index (Phi) is 23.4. The van der Waals surface area contributed by atoms with E-state index in [0.29, 0.717) is 146 Å². The smallest absolute Gasteiger partial charge is 0.303 e. The predicted octanol–water partition coefficient (Wildman–Crippen LogP) is -2.25. The molecule has 388 valence electrons. The van der Waals surface area contributed by atoms with Gasteiger partial charge in [0.05, 0.1) is 68.9 Å². The van der Waals surface area contributed by atoms with Crippen LogP contribution in [0.4, 0.5) is 17.8 Å². The maximum atomic E-state index is 14.1. The molecule has 2 amide bonds. The number of carbonyl (C=O) groups excluding carboxylic acids is 2. The number of halogens is 1. The zero-order chi connectivity index (χ0) is 49.9. The van der Waals surface area contributed by atoms with Crippen LogP contribution in [0.15, 0.2) is 12.4 Å². The van der Waals surface area contributed by atoms with Crippen LogP contribution in [0, 0.1) is 24.2 Å². The van der Waals surface area contributed by atoms with Crippen LogP contribution in [0.5, 0.6) is 0 Å². The molecule has 3 aromatic heterocycles. The molecule has 0 spiro atoms. The Morgan fingerprint density at radius 2 is 1.09 bits per heavy atom. The Labute approximate surface area is 414 Å². The summed E-state index contributed by atoms with van der Waals surface area (Å²) in [5.41, 5.74) is 13.8. The maximum absolute atomic E-state index is 14.1. The lowest BCUT2D eigenvalue weighted by Gasteiger charge is -2.38. The zero-order valence-electron chi connectivity index (χ0n) is 40.6. The number of nitrogens with one attached hydrogen (secondary N) is 1. The fourth-order valence-corrected chi connectivity index (χ4v) is 7.94.